The number of nitrogens with zero attached hydrogens (tertiary/aromatic N) is 5. The molecule has 0 fully saturated rings. The summed E-state index contributed by atoms with van der Waals surface area (Å²) < 4.78 is 3.39. The van der Waals surface area contributed by atoms with E-state index in [1.807, 2.05) is 56.3 Å². The molecule has 0 aliphatic heterocycles. The predicted octanol–water partition coefficient (Wildman–Crippen LogP) is 6.21. The Labute approximate surface area is 238 Å². The van der Waals surface area contributed by atoms with Crippen LogP contribution in [0.5, 0.6) is 0 Å². The Hall–Kier alpha value is -4.99. The van der Waals surface area contributed by atoms with Crippen molar-refractivity contribution in [3.8, 4) is 16.8 Å². The van der Waals surface area contributed by atoms with Crippen LogP contribution in [0, 0.1) is 0 Å². The van der Waals surface area contributed by atoms with Crippen LogP contribution in [0.1, 0.15) is 46.4 Å². The normalized spacial score (nSPS) is 11.6. The maximum Gasteiger partial charge on any atom is 0.324 e. The van der Waals surface area contributed by atoms with Crippen LogP contribution in [0.25, 0.3) is 27.8 Å². The summed E-state index contributed by atoms with van der Waals surface area (Å²) in [5.74, 6) is 0.990. The zero-order valence-corrected chi connectivity index (χ0v) is 24.1. The average molecular weight is 551 g/mol. The van der Waals surface area contributed by atoms with Crippen LogP contribution in [-0.2, 0) is 5.41 Å². The van der Waals surface area contributed by atoms with Gasteiger partial charge in [0.15, 0.2) is 0 Å². The third kappa shape index (κ3) is 5.67. The lowest BCUT2D eigenvalue weighted by atomic mass is 9.92. The fourth-order valence-corrected chi connectivity index (χ4v) is 4.57. The van der Waals surface area contributed by atoms with Crippen molar-refractivity contribution in [2.24, 2.45) is 0 Å². The quantitative estimate of drug-likeness (QED) is 0.231. The molecule has 0 saturated carbocycles. The van der Waals surface area contributed by atoms with Gasteiger partial charge < -0.3 is 10.6 Å². The van der Waals surface area contributed by atoms with Gasteiger partial charge in [-0.3, -0.25) is 14.7 Å². The van der Waals surface area contributed by atoms with Crippen LogP contribution in [0.2, 0.25) is 0 Å². The maximum atomic E-state index is 13.6. The molecule has 0 unspecified atom stereocenters. The van der Waals surface area contributed by atoms with Gasteiger partial charge in [0, 0.05) is 47.4 Å². The van der Waals surface area contributed by atoms with Crippen molar-refractivity contribution in [2.75, 3.05) is 23.0 Å². The fraction of sp³-hybridized carbons (Fsp3) is 0.258. The van der Waals surface area contributed by atoms with Crippen molar-refractivity contribution in [3.63, 3.8) is 0 Å². The molecule has 2 aromatic carbocycles. The summed E-state index contributed by atoms with van der Waals surface area (Å²) in [4.78, 5) is 35.6. The number of nitrogens with one attached hydrogen (secondary N) is 3. The number of rotatable bonds is 6. The van der Waals surface area contributed by atoms with E-state index in [9.17, 15) is 9.59 Å². The molecule has 5 rings (SSSR count). The van der Waals surface area contributed by atoms with Gasteiger partial charge in [0.25, 0.3) is 5.56 Å². The molecule has 5 aromatic rings. The largest absolute Gasteiger partial charge is 0.357 e. The van der Waals surface area contributed by atoms with E-state index in [1.54, 1.807) is 46.8 Å². The molecule has 10 nitrogen and oxygen atoms in total. The number of para-hydroxylation sites is 1. The van der Waals surface area contributed by atoms with Gasteiger partial charge in [-0.25, -0.2) is 14.5 Å². The number of amides is 2. The van der Waals surface area contributed by atoms with Crippen molar-refractivity contribution in [3.05, 3.63) is 89.0 Å². The van der Waals surface area contributed by atoms with Gasteiger partial charge in [-0.15, -0.1) is 0 Å². The van der Waals surface area contributed by atoms with Crippen LogP contribution < -0.4 is 21.5 Å². The average Bonchev–Trinajstić information content (AvgIpc) is 3.37. The minimum Gasteiger partial charge on any atom is -0.357 e. The minimum absolute atomic E-state index is 0.121. The number of anilines is 3. The third-order valence-corrected chi connectivity index (χ3v) is 6.66. The Kier molecular flexibility index (Phi) is 7.32. The highest BCUT2D eigenvalue weighted by molar-refractivity contribution is 6.00. The molecule has 0 atom stereocenters. The molecule has 2 amide bonds. The zero-order valence-electron chi connectivity index (χ0n) is 24.1. The molecule has 0 aliphatic rings. The molecular formula is C31H34N8O2. The van der Waals surface area contributed by atoms with E-state index in [-0.39, 0.29) is 17.0 Å². The van der Waals surface area contributed by atoms with E-state index in [0.717, 1.165) is 16.8 Å². The standard InChI is InChI=1S/C31H34N8O2/c1-19(2)38-27-21(18-33-29(32-6)36-27)16-24(28(38)40)20-11-10-12-22(15-20)34-30(41)35-26-17-25(31(3,4)5)37-39(26)23-13-8-7-9-14-23/h7-19H,1-6H3,(H,32,33,36)(H2,34,35,41). The van der Waals surface area contributed by atoms with Gasteiger partial charge in [-0.05, 0) is 49.7 Å². The van der Waals surface area contributed by atoms with Crippen molar-refractivity contribution in [1.29, 1.82) is 0 Å². The van der Waals surface area contributed by atoms with Gasteiger partial charge in [0.1, 0.15) is 11.5 Å². The zero-order chi connectivity index (χ0) is 29.3. The number of urea groups is 1. The number of hydrogen-bond acceptors (Lipinski definition) is 6. The maximum absolute atomic E-state index is 13.6. The first-order chi connectivity index (χ1) is 19.5. The van der Waals surface area contributed by atoms with Crippen molar-refractivity contribution < 1.29 is 4.79 Å². The first-order valence-corrected chi connectivity index (χ1v) is 13.5. The summed E-state index contributed by atoms with van der Waals surface area (Å²) >= 11 is 0. The number of benzene rings is 2. The van der Waals surface area contributed by atoms with Crippen LogP contribution in [0.4, 0.5) is 22.2 Å². The Morgan fingerprint density at radius 1 is 0.951 bits per heavy atom. The molecule has 3 N–H and O–H groups in total. The van der Waals surface area contributed by atoms with Crippen LogP contribution in [-0.4, -0.2) is 37.4 Å². The molecule has 41 heavy (non-hydrogen) atoms. The second-order valence-electron chi connectivity index (χ2n) is 11.1. The summed E-state index contributed by atoms with van der Waals surface area (Å²) in [6, 6.07) is 20.0. The van der Waals surface area contributed by atoms with Crippen molar-refractivity contribution in [2.45, 2.75) is 46.1 Å². The van der Waals surface area contributed by atoms with Gasteiger partial charge in [-0.2, -0.15) is 10.1 Å². The molecule has 210 valence electrons. The lowest BCUT2D eigenvalue weighted by Gasteiger charge is -2.16. The molecule has 0 radical (unpaired) electrons. The molecule has 10 heteroatoms. The summed E-state index contributed by atoms with van der Waals surface area (Å²) in [6.45, 7) is 10.1. The minimum atomic E-state index is -0.425. The fourth-order valence-electron chi connectivity index (χ4n) is 4.57. The molecule has 0 bridgehead atoms. The van der Waals surface area contributed by atoms with E-state index in [1.165, 1.54) is 0 Å². The van der Waals surface area contributed by atoms with E-state index in [4.69, 9.17) is 5.10 Å². The second-order valence-corrected chi connectivity index (χ2v) is 11.1. The van der Waals surface area contributed by atoms with Gasteiger partial charge in [-0.1, -0.05) is 51.1 Å². The summed E-state index contributed by atoms with van der Waals surface area (Å²) in [5.41, 5.74) is 3.58. The Bertz CT molecular complexity index is 1780. The molecule has 0 spiro atoms. The smallest absolute Gasteiger partial charge is 0.324 e. The van der Waals surface area contributed by atoms with Crippen molar-refractivity contribution >= 4 is 34.5 Å². The molecular weight excluding hydrogens is 516 g/mol. The highest BCUT2D eigenvalue weighted by Crippen LogP contribution is 2.27. The molecule has 3 aromatic heterocycles. The van der Waals surface area contributed by atoms with Crippen LogP contribution >= 0.6 is 0 Å². The number of hydrogen-bond donors (Lipinski definition) is 3. The van der Waals surface area contributed by atoms with E-state index in [0.29, 0.717) is 34.2 Å². The van der Waals surface area contributed by atoms with E-state index < -0.39 is 6.03 Å². The Morgan fingerprint density at radius 3 is 2.39 bits per heavy atom. The van der Waals surface area contributed by atoms with Gasteiger partial charge in [0.05, 0.1) is 11.4 Å². The van der Waals surface area contributed by atoms with Crippen LogP contribution in [0.15, 0.2) is 77.7 Å². The number of pyridine rings is 1. The lowest BCUT2D eigenvalue weighted by Crippen LogP contribution is -2.25. The SMILES string of the molecule is CNc1ncc2cc(-c3cccc(NC(=O)Nc4cc(C(C)(C)C)nn4-c4ccccc4)c3)c(=O)n(C(C)C)c2n1. The highest BCUT2D eigenvalue weighted by Gasteiger charge is 2.22. The first kappa shape index (κ1) is 27.6. The van der Waals surface area contributed by atoms with Gasteiger partial charge >= 0.3 is 6.03 Å². The number of aromatic nitrogens is 5. The number of carbonyl (C=O) groups is 1. The Morgan fingerprint density at radius 2 is 1.71 bits per heavy atom. The predicted molar refractivity (Wildman–Crippen MR) is 164 cm³/mol. The topological polar surface area (TPSA) is 119 Å². The van der Waals surface area contributed by atoms with Crippen molar-refractivity contribution in [1.82, 2.24) is 24.3 Å². The number of fused-ring (bicyclic) bond motifs is 1. The Balaban J connectivity index is 1.46. The summed E-state index contributed by atoms with van der Waals surface area (Å²) in [6.07, 6.45) is 1.70. The van der Waals surface area contributed by atoms with Gasteiger partial charge in [0.2, 0.25) is 5.95 Å². The van der Waals surface area contributed by atoms with Crippen LogP contribution in [0.3, 0.4) is 0 Å². The first-order valence-electron chi connectivity index (χ1n) is 13.5. The van der Waals surface area contributed by atoms with E-state index >= 15 is 0 Å². The second kappa shape index (κ2) is 10.9. The third-order valence-electron chi connectivity index (χ3n) is 6.66. The summed E-state index contributed by atoms with van der Waals surface area (Å²) in [7, 11) is 1.74. The highest BCUT2D eigenvalue weighted by atomic mass is 16.2. The monoisotopic (exact) mass is 550 g/mol. The lowest BCUT2D eigenvalue weighted by molar-refractivity contribution is 0.262. The molecule has 0 aliphatic carbocycles. The molecule has 3 heterocycles. The summed E-state index contributed by atoms with van der Waals surface area (Å²) in [5, 5.41) is 14.3. The molecule has 0 saturated heterocycles. The number of carbonyl (C=O) groups excluding carboxylic acids is 1. The van der Waals surface area contributed by atoms with E-state index in [2.05, 4.69) is 46.7 Å².